The molecule has 1 rings (SSSR count). The second kappa shape index (κ2) is 5.30. The van der Waals surface area contributed by atoms with Crippen molar-refractivity contribution in [3.05, 3.63) is 23.0 Å². The van der Waals surface area contributed by atoms with Gasteiger partial charge in [-0.05, 0) is 26.0 Å². The summed E-state index contributed by atoms with van der Waals surface area (Å²) < 4.78 is 0. The number of H-pyrrole nitrogens is 1. The number of rotatable bonds is 1. The van der Waals surface area contributed by atoms with Gasteiger partial charge in [0, 0.05) is 17.0 Å². The summed E-state index contributed by atoms with van der Waals surface area (Å²) in [5, 5.41) is 0. The molecule has 0 amide bonds. The van der Waals surface area contributed by atoms with E-state index in [9.17, 15) is 0 Å². The molecule has 13 heavy (non-hydrogen) atoms. The molecule has 0 radical (unpaired) electrons. The molecule has 0 spiro atoms. The molecule has 0 aliphatic heterocycles. The van der Waals surface area contributed by atoms with E-state index >= 15 is 0 Å². The number of anilines is 1. The highest BCUT2D eigenvalue weighted by molar-refractivity contribution is 5.63. The van der Waals surface area contributed by atoms with Crippen molar-refractivity contribution >= 4 is 11.9 Å². The van der Waals surface area contributed by atoms with Crippen molar-refractivity contribution in [2.75, 3.05) is 5.73 Å². The number of aromatic nitrogens is 1. The lowest BCUT2D eigenvalue weighted by Crippen LogP contribution is -1.91. The van der Waals surface area contributed by atoms with Crippen LogP contribution in [0.1, 0.15) is 32.0 Å². The molecule has 0 saturated carbocycles. The van der Waals surface area contributed by atoms with Crippen LogP contribution in [0.4, 0.5) is 5.82 Å². The van der Waals surface area contributed by atoms with Gasteiger partial charge in [0.25, 0.3) is 0 Å². The Labute approximate surface area is 79.8 Å². The molecular formula is C10H19N3. The van der Waals surface area contributed by atoms with E-state index in [1.54, 1.807) is 0 Å². The number of hydrogen-bond acceptors (Lipinski definition) is 2. The van der Waals surface area contributed by atoms with Crippen LogP contribution in [0.5, 0.6) is 0 Å². The summed E-state index contributed by atoms with van der Waals surface area (Å²) in [5.41, 5.74) is 13.9. The molecule has 0 aromatic carbocycles. The van der Waals surface area contributed by atoms with Gasteiger partial charge in [0.05, 0.1) is 0 Å². The highest BCUT2D eigenvalue weighted by atomic mass is 14.8. The zero-order valence-electron chi connectivity index (χ0n) is 8.81. The largest absolute Gasteiger partial charge is 0.402 e. The van der Waals surface area contributed by atoms with Gasteiger partial charge in [-0.25, -0.2) is 0 Å². The molecule has 0 unspecified atom stereocenters. The number of aromatic amines is 1. The zero-order valence-corrected chi connectivity index (χ0v) is 8.81. The number of nitrogens with one attached hydrogen (secondary N) is 1. The minimum absolute atomic E-state index is 0.673. The second-order valence-corrected chi connectivity index (χ2v) is 2.71. The molecule has 0 fully saturated rings. The SMILES string of the molecule is C/C(N)=C/c1cc(C)[nH]c1N.CC. The number of nitrogen functional groups attached to an aromatic ring is 1. The van der Waals surface area contributed by atoms with E-state index in [-0.39, 0.29) is 0 Å². The van der Waals surface area contributed by atoms with E-state index in [1.807, 2.05) is 39.8 Å². The Hall–Kier alpha value is -1.38. The molecule has 0 bridgehead atoms. The van der Waals surface area contributed by atoms with Gasteiger partial charge >= 0.3 is 0 Å². The van der Waals surface area contributed by atoms with Crippen molar-refractivity contribution in [3.63, 3.8) is 0 Å². The first-order chi connectivity index (χ1) is 6.09. The smallest absolute Gasteiger partial charge is 0.108 e. The van der Waals surface area contributed by atoms with Crippen LogP contribution >= 0.6 is 0 Å². The molecule has 3 heteroatoms. The van der Waals surface area contributed by atoms with E-state index in [1.165, 1.54) is 0 Å². The van der Waals surface area contributed by atoms with Crippen LogP contribution in [-0.2, 0) is 0 Å². The van der Waals surface area contributed by atoms with Crippen molar-refractivity contribution in [2.45, 2.75) is 27.7 Å². The van der Waals surface area contributed by atoms with E-state index < -0.39 is 0 Å². The molecule has 5 N–H and O–H groups in total. The average molecular weight is 181 g/mol. The topological polar surface area (TPSA) is 67.8 Å². The van der Waals surface area contributed by atoms with Crippen LogP contribution < -0.4 is 11.5 Å². The highest BCUT2D eigenvalue weighted by Crippen LogP contribution is 2.14. The third kappa shape index (κ3) is 3.69. The molecule has 3 nitrogen and oxygen atoms in total. The van der Waals surface area contributed by atoms with E-state index in [4.69, 9.17) is 11.5 Å². The fourth-order valence-electron chi connectivity index (χ4n) is 0.996. The van der Waals surface area contributed by atoms with Crippen molar-refractivity contribution in [1.82, 2.24) is 4.98 Å². The number of allylic oxidation sites excluding steroid dienone is 1. The fraction of sp³-hybridized carbons (Fsp3) is 0.400. The zero-order chi connectivity index (χ0) is 10.4. The Balaban J connectivity index is 0.000000671. The van der Waals surface area contributed by atoms with E-state index in [0.29, 0.717) is 5.82 Å². The first kappa shape index (κ1) is 11.6. The Morgan fingerprint density at radius 1 is 1.46 bits per heavy atom. The van der Waals surface area contributed by atoms with Crippen molar-refractivity contribution in [2.24, 2.45) is 5.73 Å². The minimum Gasteiger partial charge on any atom is -0.402 e. The predicted octanol–water partition coefficient (Wildman–Crippen LogP) is 2.25. The van der Waals surface area contributed by atoms with Crippen LogP contribution in [0.3, 0.4) is 0 Å². The van der Waals surface area contributed by atoms with Crippen LogP contribution in [0.25, 0.3) is 6.08 Å². The van der Waals surface area contributed by atoms with Gasteiger partial charge in [0.15, 0.2) is 0 Å². The number of aryl methyl sites for hydroxylation is 1. The molecule has 0 saturated heterocycles. The van der Waals surface area contributed by atoms with Crippen LogP contribution in [0, 0.1) is 6.92 Å². The Morgan fingerprint density at radius 2 is 2.00 bits per heavy atom. The lowest BCUT2D eigenvalue weighted by molar-refractivity contribution is 1.27. The summed E-state index contributed by atoms with van der Waals surface area (Å²) >= 11 is 0. The number of nitrogens with two attached hydrogens (primary N) is 2. The molecule has 0 aliphatic carbocycles. The van der Waals surface area contributed by atoms with E-state index in [0.717, 1.165) is 17.0 Å². The maximum atomic E-state index is 5.63. The molecule has 0 atom stereocenters. The van der Waals surface area contributed by atoms with Gasteiger partial charge in [-0.15, -0.1) is 0 Å². The standard InChI is InChI=1S/C8H13N3.C2H6/c1-5(9)3-7-4-6(2)11-8(7)10;1-2/h3-4,11H,9-10H2,1-2H3;1-2H3/b5-3-;. The molecular weight excluding hydrogens is 162 g/mol. The van der Waals surface area contributed by atoms with Gasteiger partial charge in [0.2, 0.25) is 0 Å². The van der Waals surface area contributed by atoms with Crippen molar-refractivity contribution < 1.29 is 0 Å². The normalized spacial score (nSPS) is 10.6. The predicted molar refractivity (Wildman–Crippen MR) is 59.1 cm³/mol. The fourth-order valence-corrected chi connectivity index (χ4v) is 0.996. The van der Waals surface area contributed by atoms with Crippen molar-refractivity contribution in [1.29, 1.82) is 0 Å². The van der Waals surface area contributed by atoms with Crippen LogP contribution in [0.15, 0.2) is 11.8 Å². The summed E-state index contributed by atoms with van der Waals surface area (Å²) in [7, 11) is 0. The minimum atomic E-state index is 0.673. The summed E-state index contributed by atoms with van der Waals surface area (Å²) in [6.45, 7) is 7.79. The van der Waals surface area contributed by atoms with Gasteiger partial charge in [0.1, 0.15) is 5.82 Å². The molecule has 74 valence electrons. The summed E-state index contributed by atoms with van der Waals surface area (Å²) in [5.74, 6) is 0.673. The van der Waals surface area contributed by atoms with E-state index in [2.05, 4.69) is 4.98 Å². The second-order valence-electron chi connectivity index (χ2n) is 2.71. The quantitative estimate of drug-likeness (QED) is 0.622. The third-order valence-electron chi connectivity index (χ3n) is 1.40. The first-order valence-electron chi connectivity index (χ1n) is 4.48. The first-order valence-corrected chi connectivity index (χ1v) is 4.48. The van der Waals surface area contributed by atoms with Crippen LogP contribution in [-0.4, -0.2) is 4.98 Å². The summed E-state index contributed by atoms with van der Waals surface area (Å²) in [6, 6.07) is 1.96. The molecule has 1 heterocycles. The Morgan fingerprint density at radius 3 is 2.31 bits per heavy atom. The van der Waals surface area contributed by atoms with Gasteiger partial charge < -0.3 is 16.5 Å². The Bertz CT molecular complexity index is 280. The number of hydrogen-bond donors (Lipinski definition) is 3. The summed E-state index contributed by atoms with van der Waals surface area (Å²) in [4.78, 5) is 2.99. The Kier molecular flexibility index (Phi) is 4.74. The maximum absolute atomic E-state index is 5.63. The molecule has 1 aromatic heterocycles. The van der Waals surface area contributed by atoms with Gasteiger partial charge in [-0.2, -0.15) is 0 Å². The highest BCUT2D eigenvalue weighted by Gasteiger charge is 1.98. The van der Waals surface area contributed by atoms with Crippen molar-refractivity contribution in [3.8, 4) is 0 Å². The van der Waals surface area contributed by atoms with Crippen LogP contribution in [0.2, 0.25) is 0 Å². The molecule has 0 aliphatic rings. The third-order valence-corrected chi connectivity index (χ3v) is 1.40. The van der Waals surface area contributed by atoms with Gasteiger partial charge in [-0.3, -0.25) is 0 Å². The lowest BCUT2D eigenvalue weighted by atomic mass is 10.2. The average Bonchev–Trinajstić information content (AvgIpc) is 2.33. The molecule has 1 aromatic rings. The maximum Gasteiger partial charge on any atom is 0.108 e. The lowest BCUT2D eigenvalue weighted by Gasteiger charge is -1.91. The van der Waals surface area contributed by atoms with Gasteiger partial charge in [-0.1, -0.05) is 13.8 Å². The monoisotopic (exact) mass is 181 g/mol. The summed E-state index contributed by atoms with van der Waals surface area (Å²) in [6.07, 6.45) is 1.85.